The van der Waals surface area contributed by atoms with E-state index in [1.807, 2.05) is 32.9 Å². The van der Waals surface area contributed by atoms with Crippen LogP contribution in [0.1, 0.15) is 90.5 Å². The molecule has 3 heteroatoms. The summed E-state index contributed by atoms with van der Waals surface area (Å²) in [7, 11) is -3.49. The van der Waals surface area contributed by atoms with Crippen molar-refractivity contribution in [2.24, 2.45) is 0 Å². The van der Waals surface area contributed by atoms with Crippen LogP contribution in [0.2, 0.25) is 0 Å². The predicted octanol–water partition coefficient (Wildman–Crippen LogP) is 7.58. The lowest BCUT2D eigenvalue weighted by atomic mass is 9.88. The molecule has 1 aromatic carbocycles. The van der Waals surface area contributed by atoms with Gasteiger partial charge in [-0.3, -0.25) is 0 Å². The summed E-state index contributed by atoms with van der Waals surface area (Å²) in [6.07, 6.45) is 9.90. The van der Waals surface area contributed by atoms with Crippen LogP contribution in [0.5, 0.6) is 0 Å². The van der Waals surface area contributed by atoms with E-state index >= 15 is 0 Å². The van der Waals surface area contributed by atoms with Gasteiger partial charge in [0.2, 0.25) is 0 Å². The number of aryl methyl sites for hydroxylation is 1. The molecule has 0 heterocycles. The molecule has 0 bridgehead atoms. The van der Waals surface area contributed by atoms with E-state index in [1.165, 1.54) is 32.1 Å². The van der Waals surface area contributed by atoms with E-state index in [1.54, 1.807) is 12.1 Å². The zero-order valence-corrected chi connectivity index (χ0v) is 19.3. The first kappa shape index (κ1) is 24.7. The molecule has 0 aliphatic carbocycles. The van der Waals surface area contributed by atoms with Gasteiger partial charge in [0.1, 0.15) is 0 Å². The molecule has 158 valence electrons. The molecule has 0 aliphatic rings. The standard InChI is InChI=1S/C25H40O2S/c1-7-8-9-10-11-12-13-18-25(19-21(2)3,20-22(4)5)28(26,27)24-16-14-23(6)15-17-24/h14-17H,2,4,7-13,18-20H2,1,3,5-6H3. The maximum atomic E-state index is 13.8. The summed E-state index contributed by atoms with van der Waals surface area (Å²) in [6.45, 7) is 16.2. The summed E-state index contributed by atoms with van der Waals surface area (Å²) >= 11 is 0. The quantitative estimate of drug-likeness (QED) is 0.236. The minimum Gasteiger partial charge on any atom is -0.223 e. The summed E-state index contributed by atoms with van der Waals surface area (Å²) in [5, 5.41) is 0. The third-order valence-corrected chi connectivity index (χ3v) is 7.91. The average molecular weight is 405 g/mol. The van der Waals surface area contributed by atoms with Gasteiger partial charge >= 0.3 is 0 Å². The highest BCUT2D eigenvalue weighted by atomic mass is 32.2. The molecule has 28 heavy (non-hydrogen) atoms. The lowest BCUT2D eigenvalue weighted by Gasteiger charge is -2.34. The summed E-state index contributed by atoms with van der Waals surface area (Å²) in [5.74, 6) is 0. The normalized spacial score (nSPS) is 12.1. The third-order valence-electron chi connectivity index (χ3n) is 5.39. The second-order valence-corrected chi connectivity index (χ2v) is 11.0. The fourth-order valence-electron chi connectivity index (χ4n) is 4.04. The highest BCUT2D eigenvalue weighted by molar-refractivity contribution is 7.92. The molecule has 0 saturated heterocycles. The molecule has 1 rings (SSSR count). The van der Waals surface area contributed by atoms with Crippen LogP contribution in [0.25, 0.3) is 0 Å². The molecule has 0 unspecified atom stereocenters. The van der Waals surface area contributed by atoms with Crippen LogP contribution in [0.3, 0.4) is 0 Å². The molecule has 0 fully saturated rings. The number of allylic oxidation sites excluding steroid dienone is 2. The Bertz CT molecular complexity index is 710. The maximum absolute atomic E-state index is 13.8. The van der Waals surface area contributed by atoms with Crippen molar-refractivity contribution in [1.29, 1.82) is 0 Å². The van der Waals surface area contributed by atoms with Crippen molar-refractivity contribution in [2.75, 3.05) is 0 Å². The average Bonchev–Trinajstić information content (AvgIpc) is 2.60. The van der Waals surface area contributed by atoms with Gasteiger partial charge in [0.05, 0.1) is 9.64 Å². The zero-order valence-electron chi connectivity index (χ0n) is 18.5. The number of sulfone groups is 1. The van der Waals surface area contributed by atoms with Crippen molar-refractivity contribution >= 4 is 9.84 Å². The lowest BCUT2D eigenvalue weighted by Crippen LogP contribution is -2.39. The first-order valence-electron chi connectivity index (χ1n) is 10.7. The number of benzene rings is 1. The Kier molecular flexibility index (Phi) is 10.2. The van der Waals surface area contributed by atoms with Gasteiger partial charge < -0.3 is 0 Å². The fourth-order valence-corrected chi connectivity index (χ4v) is 6.32. The van der Waals surface area contributed by atoms with E-state index in [2.05, 4.69) is 20.1 Å². The van der Waals surface area contributed by atoms with Crippen molar-refractivity contribution < 1.29 is 8.42 Å². The second-order valence-electron chi connectivity index (χ2n) is 8.64. The zero-order chi connectivity index (χ0) is 21.2. The number of rotatable bonds is 14. The molecule has 0 saturated carbocycles. The largest absolute Gasteiger partial charge is 0.223 e. The highest BCUT2D eigenvalue weighted by Gasteiger charge is 2.43. The number of hydrogen-bond acceptors (Lipinski definition) is 2. The van der Waals surface area contributed by atoms with Gasteiger partial charge in [-0.2, -0.15) is 0 Å². The molecule has 0 radical (unpaired) electrons. The van der Waals surface area contributed by atoms with E-state index in [9.17, 15) is 8.42 Å². The first-order chi connectivity index (χ1) is 13.1. The van der Waals surface area contributed by atoms with Crippen LogP contribution in [-0.4, -0.2) is 13.2 Å². The molecule has 2 nitrogen and oxygen atoms in total. The summed E-state index contributed by atoms with van der Waals surface area (Å²) in [4.78, 5) is 0.420. The van der Waals surface area contributed by atoms with E-state index in [0.29, 0.717) is 24.2 Å². The SMILES string of the molecule is C=C(C)CC(CCCCCCCCC)(CC(=C)C)S(=O)(=O)c1ccc(C)cc1. The minimum absolute atomic E-state index is 0.420. The van der Waals surface area contributed by atoms with E-state index in [-0.39, 0.29) is 0 Å². The fraction of sp³-hybridized carbons (Fsp3) is 0.600. The van der Waals surface area contributed by atoms with E-state index in [4.69, 9.17) is 0 Å². The highest BCUT2D eigenvalue weighted by Crippen LogP contribution is 2.40. The summed E-state index contributed by atoms with van der Waals surface area (Å²) in [6, 6.07) is 7.27. The number of unbranched alkanes of at least 4 members (excludes halogenated alkanes) is 6. The summed E-state index contributed by atoms with van der Waals surface area (Å²) in [5.41, 5.74) is 2.90. The topological polar surface area (TPSA) is 34.1 Å². The molecule has 0 aliphatic heterocycles. The van der Waals surface area contributed by atoms with Crippen LogP contribution in [0.4, 0.5) is 0 Å². The Morgan fingerprint density at radius 1 is 0.857 bits per heavy atom. The smallest absolute Gasteiger partial charge is 0.184 e. The number of hydrogen-bond donors (Lipinski definition) is 0. The van der Waals surface area contributed by atoms with Gasteiger partial charge in [-0.25, -0.2) is 8.42 Å². The van der Waals surface area contributed by atoms with Crippen LogP contribution in [0.15, 0.2) is 53.5 Å². The van der Waals surface area contributed by atoms with Gasteiger partial charge in [-0.15, -0.1) is 13.2 Å². The molecular formula is C25H40O2S. The van der Waals surface area contributed by atoms with E-state index < -0.39 is 14.6 Å². The van der Waals surface area contributed by atoms with Gasteiger partial charge in [-0.05, 0) is 52.2 Å². The Morgan fingerprint density at radius 3 is 1.79 bits per heavy atom. The van der Waals surface area contributed by atoms with Gasteiger partial charge in [-0.1, -0.05) is 80.7 Å². The lowest BCUT2D eigenvalue weighted by molar-refractivity contribution is 0.443. The Hall–Kier alpha value is -1.35. The Morgan fingerprint density at radius 2 is 1.32 bits per heavy atom. The van der Waals surface area contributed by atoms with Crippen molar-refractivity contribution in [3.8, 4) is 0 Å². The van der Waals surface area contributed by atoms with Crippen molar-refractivity contribution in [2.45, 2.75) is 102 Å². The monoisotopic (exact) mass is 404 g/mol. The first-order valence-corrected chi connectivity index (χ1v) is 12.2. The third kappa shape index (κ3) is 7.24. The van der Waals surface area contributed by atoms with Crippen LogP contribution in [0, 0.1) is 6.92 Å². The van der Waals surface area contributed by atoms with Crippen LogP contribution >= 0.6 is 0 Å². The van der Waals surface area contributed by atoms with Gasteiger partial charge in [0.15, 0.2) is 9.84 Å². The second kappa shape index (κ2) is 11.6. The van der Waals surface area contributed by atoms with E-state index in [0.717, 1.165) is 29.6 Å². The Labute approximate surface area is 174 Å². The van der Waals surface area contributed by atoms with Crippen molar-refractivity contribution in [1.82, 2.24) is 0 Å². The van der Waals surface area contributed by atoms with Crippen molar-refractivity contribution in [3.05, 3.63) is 54.1 Å². The minimum atomic E-state index is -3.49. The predicted molar refractivity (Wildman–Crippen MR) is 123 cm³/mol. The molecule has 0 atom stereocenters. The summed E-state index contributed by atoms with van der Waals surface area (Å²) < 4.78 is 26.7. The molecule has 0 spiro atoms. The van der Waals surface area contributed by atoms with Gasteiger partial charge in [0, 0.05) is 0 Å². The van der Waals surface area contributed by atoms with Crippen LogP contribution < -0.4 is 0 Å². The molecule has 1 aromatic rings. The maximum Gasteiger partial charge on any atom is 0.184 e. The molecule has 0 N–H and O–H groups in total. The van der Waals surface area contributed by atoms with Crippen LogP contribution in [-0.2, 0) is 9.84 Å². The van der Waals surface area contributed by atoms with Gasteiger partial charge in [0.25, 0.3) is 0 Å². The molecule has 0 amide bonds. The van der Waals surface area contributed by atoms with Crippen molar-refractivity contribution in [3.63, 3.8) is 0 Å². The Balaban J connectivity index is 3.09. The molecule has 0 aromatic heterocycles. The molecular weight excluding hydrogens is 364 g/mol.